The molecule has 0 fully saturated rings. The van der Waals surface area contributed by atoms with Crippen molar-refractivity contribution in [1.29, 1.82) is 0 Å². The Morgan fingerprint density at radius 3 is 2.64 bits per heavy atom. The van der Waals surface area contributed by atoms with Crippen molar-refractivity contribution in [2.45, 2.75) is 11.9 Å². The lowest BCUT2D eigenvalue weighted by molar-refractivity contribution is -0.153. The molecule has 2 heterocycles. The molecule has 0 saturated heterocycles. The molecule has 152 valence electrons. The Morgan fingerprint density at radius 2 is 2.00 bits per heavy atom. The normalized spacial score (nSPS) is 12.6. The maximum Gasteiger partial charge on any atom is 0.422 e. The fourth-order valence-corrected chi connectivity index (χ4v) is 3.31. The highest BCUT2D eigenvalue weighted by Crippen LogP contribution is 2.35. The Balaban J connectivity index is 0.00000280. The third-order valence-electron chi connectivity index (χ3n) is 3.75. The van der Waals surface area contributed by atoms with E-state index >= 15 is 0 Å². The van der Waals surface area contributed by atoms with Crippen molar-refractivity contribution < 1.29 is 32.0 Å². The van der Waals surface area contributed by atoms with Crippen LogP contribution in [0.25, 0.3) is 22.2 Å². The van der Waals surface area contributed by atoms with E-state index in [0.29, 0.717) is 16.7 Å². The van der Waals surface area contributed by atoms with Crippen LogP contribution < -0.4 is 10.3 Å². The second-order valence-electron chi connectivity index (χ2n) is 5.94. The highest BCUT2D eigenvalue weighted by atomic mass is 32.2. The van der Waals surface area contributed by atoms with Crippen molar-refractivity contribution in [2.24, 2.45) is 7.05 Å². The van der Waals surface area contributed by atoms with E-state index in [1.165, 1.54) is 30.1 Å². The molecule has 28 heavy (non-hydrogen) atoms. The maximum absolute atomic E-state index is 12.6. The molecule has 1 atom stereocenters. The van der Waals surface area contributed by atoms with Gasteiger partial charge in [0.2, 0.25) is 0 Å². The number of fused-ring (bicyclic) bond motifs is 1. The fraction of sp³-hybridized carbons (Fsp3) is 0.294. The van der Waals surface area contributed by atoms with Gasteiger partial charge in [0, 0.05) is 47.2 Å². The van der Waals surface area contributed by atoms with E-state index in [1.807, 2.05) is 0 Å². The molecular weight excluding hydrogens is 401 g/mol. The summed E-state index contributed by atoms with van der Waals surface area (Å²) < 4.78 is 60.9. The lowest BCUT2D eigenvalue weighted by Gasteiger charge is -2.15. The Hall–Kier alpha value is -2.66. The first-order chi connectivity index (χ1) is 12.7. The number of halogens is 3. The summed E-state index contributed by atoms with van der Waals surface area (Å²) in [5.41, 5.74) is 1.09. The van der Waals surface area contributed by atoms with Gasteiger partial charge in [-0.2, -0.15) is 13.2 Å². The average molecular weight is 418 g/mol. The summed E-state index contributed by atoms with van der Waals surface area (Å²) in [5, 5.41) is 0. The quantitative estimate of drug-likeness (QED) is 0.632. The van der Waals surface area contributed by atoms with Gasteiger partial charge in [0.15, 0.2) is 24.1 Å². The van der Waals surface area contributed by atoms with Gasteiger partial charge < -0.3 is 19.2 Å². The monoisotopic (exact) mass is 418 g/mol. The standard InChI is InChI=1S/C17H15F3N2O4S.H2O/c1-22-6-12(15-14(16(22)23)21-9-26-15)11-5-10(7-27(2)24)3-4-13(11)25-8-17(18,19)20;/h3-6,9H,7-8H2,1-2H3;1H2. The first-order valence-corrected chi connectivity index (χ1v) is 9.44. The van der Waals surface area contributed by atoms with E-state index < -0.39 is 29.1 Å². The molecule has 3 aromatic rings. The zero-order valence-electron chi connectivity index (χ0n) is 14.9. The molecule has 0 aliphatic heterocycles. The van der Waals surface area contributed by atoms with Crippen LogP contribution in [0.5, 0.6) is 5.75 Å². The van der Waals surface area contributed by atoms with Gasteiger partial charge in [-0.15, -0.1) is 0 Å². The third-order valence-corrected chi connectivity index (χ3v) is 4.49. The van der Waals surface area contributed by atoms with E-state index in [4.69, 9.17) is 9.15 Å². The van der Waals surface area contributed by atoms with Gasteiger partial charge in [-0.25, -0.2) is 4.98 Å². The molecule has 0 aliphatic carbocycles. The van der Waals surface area contributed by atoms with Gasteiger partial charge in [0.05, 0.1) is 0 Å². The molecule has 2 N–H and O–H groups in total. The number of hydrogen-bond donors (Lipinski definition) is 0. The number of nitrogens with zero attached hydrogens (tertiary/aromatic N) is 2. The number of rotatable bonds is 5. The van der Waals surface area contributed by atoms with Crippen molar-refractivity contribution in [2.75, 3.05) is 12.9 Å². The van der Waals surface area contributed by atoms with Crippen molar-refractivity contribution >= 4 is 21.9 Å². The summed E-state index contributed by atoms with van der Waals surface area (Å²) in [6.45, 7) is -1.47. The predicted octanol–water partition coefficient (Wildman–Crippen LogP) is 2.19. The Kier molecular flexibility index (Phi) is 6.30. The number of benzene rings is 1. The zero-order valence-corrected chi connectivity index (χ0v) is 15.7. The van der Waals surface area contributed by atoms with Crippen LogP contribution in [-0.4, -0.2) is 38.3 Å². The number of oxazole rings is 1. The van der Waals surface area contributed by atoms with Crippen LogP contribution in [0.3, 0.4) is 0 Å². The van der Waals surface area contributed by atoms with Crippen LogP contribution in [0.1, 0.15) is 5.56 Å². The molecular formula is C17H17F3N2O5S. The van der Waals surface area contributed by atoms with E-state index in [1.54, 1.807) is 12.1 Å². The van der Waals surface area contributed by atoms with Gasteiger partial charge in [-0.3, -0.25) is 9.00 Å². The molecule has 0 bridgehead atoms. The lowest BCUT2D eigenvalue weighted by Crippen LogP contribution is -2.20. The first-order valence-electron chi connectivity index (χ1n) is 7.71. The van der Waals surface area contributed by atoms with Crippen LogP contribution in [0.2, 0.25) is 0 Å². The van der Waals surface area contributed by atoms with Gasteiger partial charge in [0.1, 0.15) is 5.75 Å². The second kappa shape index (κ2) is 8.15. The maximum atomic E-state index is 12.6. The highest BCUT2D eigenvalue weighted by Gasteiger charge is 2.29. The average Bonchev–Trinajstić information content (AvgIpc) is 3.05. The minimum atomic E-state index is -4.51. The van der Waals surface area contributed by atoms with E-state index in [2.05, 4.69) is 4.98 Å². The molecule has 3 rings (SSSR count). The van der Waals surface area contributed by atoms with Crippen LogP contribution in [0, 0.1) is 0 Å². The molecule has 0 spiro atoms. The summed E-state index contributed by atoms with van der Waals surface area (Å²) in [5.74, 6) is 0.187. The summed E-state index contributed by atoms with van der Waals surface area (Å²) in [4.78, 5) is 16.0. The van der Waals surface area contributed by atoms with Crippen LogP contribution in [0.4, 0.5) is 13.2 Å². The van der Waals surface area contributed by atoms with Crippen molar-refractivity contribution in [1.82, 2.24) is 9.55 Å². The SMILES string of the molecule is Cn1cc(-c2cc(CS(C)=O)ccc2OCC(F)(F)F)c2ocnc2c1=O.O. The van der Waals surface area contributed by atoms with Crippen molar-refractivity contribution in [3.05, 3.63) is 46.7 Å². The smallest absolute Gasteiger partial charge is 0.422 e. The van der Waals surface area contributed by atoms with Crippen LogP contribution in [-0.2, 0) is 23.6 Å². The number of aryl methyl sites for hydroxylation is 1. The minimum Gasteiger partial charge on any atom is -0.483 e. The molecule has 0 radical (unpaired) electrons. The van der Waals surface area contributed by atoms with Crippen molar-refractivity contribution in [3.8, 4) is 16.9 Å². The van der Waals surface area contributed by atoms with Gasteiger partial charge in [0.25, 0.3) is 5.56 Å². The lowest BCUT2D eigenvalue weighted by atomic mass is 10.0. The van der Waals surface area contributed by atoms with Gasteiger partial charge in [-0.05, 0) is 17.7 Å². The number of alkyl halides is 3. The molecule has 11 heteroatoms. The summed E-state index contributed by atoms with van der Waals surface area (Å²) in [6, 6.07) is 4.52. The predicted molar refractivity (Wildman–Crippen MR) is 97.6 cm³/mol. The summed E-state index contributed by atoms with van der Waals surface area (Å²) in [6.07, 6.45) is -0.449. The van der Waals surface area contributed by atoms with Crippen LogP contribution in [0.15, 0.2) is 40.0 Å². The Morgan fingerprint density at radius 1 is 1.29 bits per heavy atom. The Bertz CT molecular complexity index is 1070. The topological polar surface area (TPSA) is 106 Å². The number of aromatic nitrogens is 2. The molecule has 0 amide bonds. The van der Waals surface area contributed by atoms with E-state index in [9.17, 15) is 22.2 Å². The summed E-state index contributed by atoms with van der Waals surface area (Å²) in [7, 11) is 0.356. The molecule has 0 saturated carbocycles. The fourth-order valence-electron chi connectivity index (χ4n) is 2.66. The summed E-state index contributed by atoms with van der Waals surface area (Å²) >= 11 is 0. The third kappa shape index (κ3) is 4.60. The van der Waals surface area contributed by atoms with Crippen LogP contribution >= 0.6 is 0 Å². The molecule has 0 aliphatic rings. The largest absolute Gasteiger partial charge is 0.483 e. The Labute approximate surface area is 159 Å². The minimum absolute atomic E-state index is 0. The first kappa shape index (κ1) is 21.6. The number of hydrogen-bond acceptors (Lipinski definition) is 5. The van der Waals surface area contributed by atoms with Gasteiger partial charge >= 0.3 is 6.18 Å². The van der Waals surface area contributed by atoms with Crippen molar-refractivity contribution in [3.63, 3.8) is 0 Å². The highest BCUT2D eigenvalue weighted by molar-refractivity contribution is 7.83. The number of pyridine rings is 1. The number of ether oxygens (including phenoxy) is 1. The zero-order chi connectivity index (χ0) is 19.8. The van der Waals surface area contributed by atoms with E-state index in [-0.39, 0.29) is 28.1 Å². The molecule has 1 unspecified atom stereocenters. The molecule has 2 aromatic heterocycles. The molecule has 7 nitrogen and oxygen atoms in total. The van der Waals surface area contributed by atoms with Gasteiger partial charge in [-0.1, -0.05) is 6.07 Å². The molecule has 1 aromatic carbocycles. The second-order valence-corrected chi connectivity index (χ2v) is 7.38. The van der Waals surface area contributed by atoms with E-state index in [0.717, 1.165) is 6.39 Å².